The van der Waals surface area contributed by atoms with E-state index in [0.717, 1.165) is 27.0 Å². The first kappa shape index (κ1) is 24.7. The fourth-order valence-electron chi connectivity index (χ4n) is 5.43. The normalized spacial score (nSPS) is 15.0. The number of hydrogen-bond donors (Lipinski definition) is 1. The van der Waals surface area contributed by atoms with Gasteiger partial charge < -0.3 is 0 Å². The number of anilines is 1. The van der Waals surface area contributed by atoms with Crippen molar-refractivity contribution in [1.82, 2.24) is 4.90 Å². The first-order chi connectivity index (χ1) is 18.4. The van der Waals surface area contributed by atoms with Crippen molar-refractivity contribution in [3.8, 4) is 11.1 Å². The monoisotopic (exact) mass is 540 g/mol. The quantitative estimate of drug-likeness (QED) is 0.301. The Labute approximate surface area is 223 Å². The van der Waals surface area contributed by atoms with Crippen molar-refractivity contribution in [3.63, 3.8) is 0 Å². The van der Waals surface area contributed by atoms with Crippen molar-refractivity contribution >= 4 is 50.2 Å². The van der Waals surface area contributed by atoms with Crippen molar-refractivity contribution in [1.29, 1.82) is 0 Å². The van der Waals surface area contributed by atoms with E-state index in [0.29, 0.717) is 5.56 Å². The zero-order valence-corrected chi connectivity index (χ0v) is 21.8. The maximum Gasteiger partial charge on any atom is 0.295 e. The molecule has 2 aliphatic heterocycles. The summed E-state index contributed by atoms with van der Waals surface area (Å²) in [5.41, 5.74) is 3.06. The molecular formula is C29H20N2O7S. The Balaban J connectivity index is 1.55. The summed E-state index contributed by atoms with van der Waals surface area (Å²) < 4.78 is 35.0. The second-order valence-corrected chi connectivity index (χ2v) is 11.1. The van der Waals surface area contributed by atoms with E-state index in [9.17, 15) is 32.1 Å². The fraction of sp³-hybridized carbons (Fsp3) is 0.103. The Morgan fingerprint density at radius 3 is 1.56 bits per heavy atom. The molecule has 0 unspecified atom stereocenters. The van der Waals surface area contributed by atoms with Gasteiger partial charge in [0, 0.05) is 45.6 Å². The maximum atomic E-state index is 13.7. The van der Waals surface area contributed by atoms with Crippen LogP contribution in [-0.4, -0.2) is 48.5 Å². The molecule has 0 saturated heterocycles. The molecule has 2 aliphatic rings. The number of hydrogen-bond acceptors (Lipinski definition) is 6. The number of carbonyl (C=O) groups is 4. The smallest absolute Gasteiger partial charge is 0.282 e. The summed E-state index contributed by atoms with van der Waals surface area (Å²) in [5.74, 6) is -2.59. The van der Waals surface area contributed by atoms with Crippen LogP contribution in [0.4, 0.5) is 5.69 Å². The number of amides is 4. The Morgan fingerprint density at radius 1 is 0.615 bits per heavy atom. The van der Waals surface area contributed by atoms with Gasteiger partial charge >= 0.3 is 0 Å². The van der Waals surface area contributed by atoms with Crippen LogP contribution in [0.3, 0.4) is 0 Å². The summed E-state index contributed by atoms with van der Waals surface area (Å²) in [7, 11) is -3.40. The van der Waals surface area contributed by atoms with E-state index < -0.39 is 38.6 Å². The molecule has 6 rings (SSSR count). The molecule has 2 heterocycles. The zero-order chi connectivity index (χ0) is 28.0. The Kier molecular flexibility index (Phi) is 5.16. The highest BCUT2D eigenvalue weighted by Crippen LogP contribution is 2.40. The molecule has 0 radical (unpaired) electrons. The van der Waals surface area contributed by atoms with Gasteiger partial charge in [0.2, 0.25) is 0 Å². The average Bonchev–Trinajstić information content (AvgIpc) is 2.89. The average molecular weight is 541 g/mol. The lowest BCUT2D eigenvalue weighted by Crippen LogP contribution is -2.42. The number of rotatable bonds is 3. The third-order valence-corrected chi connectivity index (χ3v) is 8.16. The van der Waals surface area contributed by atoms with Crippen LogP contribution in [0.1, 0.15) is 52.6 Å². The summed E-state index contributed by atoms with van der Waals surface area (Å²) in [6, 6.07) is 15.1. The summed E-state index contributed by atoms with van der Waals surface area (Å²) in [6.07, 6.45) is 0. The van der Waals surface area contributed by atoms with Crippen LogP contribution in [0.2, 0.25) is 0 Å². The number of carbonyl (C=O) groups excluding carboxylic acids is 4. The lowest BCUT2D eigenvalue weighted by Gasteiger charge is -2.31. The third kappa shape index (κ3) is 3.45. The highest BCUT2D eigenvalue weighted by Gasteiger charge is 2.39. The molecule has 0 spiro atoms. The van der Waals surface area contributed by atoms with Crippen molar-refractivity contribution in [2.45, 2.75) is 18.7 Å². The Bertz CT molecular complexity index is 1890. The molecule has 0 saturated carbocycles. The lowest BCUT2D eigenvalue weighted by atomic mass is 9.86. The molecule has 4 amide bonds. The van der Waals surface area contributed by atoms with Crippen molar-refractivity contribution < 1.29 is 32.1 Å². The van der Waals surface area contributed by atoms with Gasteiger partial charge in [0.15, 0.2) is 0 Å². The van der Waals surface area contributed by atoms with E-state index in [1.54, 1.807) is 6.07 Å². The maximum absolute atomic E-state index is 13.7. The number of imide groups is 2. The molecule has 194 valence electrons. The molecule has 10 heteroatoms. The largest absolute Gasteiger partial charge is 0.295 e. The van der Waals surface area contributed by atoms with E-state index in [-0.39, 0.29) is 44.3 Å². The van der Waals surface area contributed by atoms with Crippen molar-refractivity contribution in [2.75, 3.05) is 11.9 Å². The molecule has 4 aromatic rings. The van der Waals surface area contributed by atoms with E-state index in [1.807, 2.05) is 26.0 Å². The highest BCUT2D eigenvalue weighted by atomic mass is 32.2. The minimum atomic E-state index is -4.76. The topological polar surface area (TPSA) is 129 Å². The number of benzene rings is 4. The van der Waals surface area contributed by atoms with Crippen LogP contribution >= 0.6 is 0 Å². The van der Waals surface area contributed by atoms with E-state index in [1.165, 1.54) is 43.4 Å². The van der Waals surface area contributed by atoms with Gasteiger partial charge in [-0.3, -0.25) is 28.6 Å². The van der Waals surface area contributed by atoms with Gasteiger partial charge in [-0.2, -0.15) is 8.42 Å². The molecule has 4 aromatic carbocycles. The predicted octanol–water partition coefficient (Wildman–Crippen LogP) is 4.40. The fourth-order valence-corrected chi connectivity index (χ4v) is 6.16. The molecule has 39 heavy (non-hydrogen) atoms. The van der Waals surface area contributed by atoms with Gasteiger partial charge in [-0.1, -0.05) is 29.8 Å². The predicted molar refractivity (Wildman–Crippen MR) is 143 cm³/mol. The Hall–Kier alpha value is -4.67. The van der Waals surface area contributed by atoms with Crippen LogP contribution in [0.5, 0.6) is 0 Å². The standard InChI is InChI=1S/C29H20N2O7S/c1-14-4-6-17(15(2)12-14)18-7-5-16(13-23(18)39(36,37)38)31-28(34)21-10-8-19-24-20(27(33)30(3)26(19)32)9-11-22(25(21)24)29(31)35/h4-13H,1-3H3,(H,36,37,38). The number of aryl methyl sites for hydroxylation is 2. The minimum Gasteiger partial charge on any atom is -0.282 e. The van der Waals surface area contributed by atoms with Crippen molar-refractivity contribution in [3.05, 3.63) is 94.0 Å². The highest BCUT2D eigenvalue weighted by molar-refractivity contribution is 7.86. The Morgan fingerprint density at radius 2 is 1.08 bits per heavy atom. The zero-order valence-electron chi connectivity index (χ0n) is 21.0. The molecule has 0 fully saturated rings. The van der Waals surface area contributed by atoms with Gasteiger partial charge in [-0.05, 0) is 61.4 Å². The van der Waals surface area contributed by atoms with E-state index in [4.69, 9.17) is 0 Å². The minimum absolute atomic E-state index is 0.0583. The first-order valence-electron chi connectivity index (χ1n) is 11.9. The number of nitrogens with zero attached hydrogens (tertiary/aromatic N) is 2. The van der Waals surface area contributed by atoms with E-state index >= 15 is 0 Å². The molecule has 0 bridgehead atoms. The van der Waals surface area contributed by atoms with Crippen LogP contribution in [0.25, 0.3) is 21.9 Å². The van der Waals surface area contributed by atoms with Gasteiger partial charge in [0.25, 0.3) is 33.7 Å². The molecule has 0 aliphatic carbocycles. The molecule has 9 nitrogen and oxygen atoms in total. The van der Waals surface area contributed by atoms with Gasteiger partial charge in [-0.15, -0.1) is 0 Å². The second-order valence-electron chi connectivity index (χ2n) is 9.66. The summed E-state index contributed by atoms with van der Waals surface area (Å²) in [5, 5.41) is 0.441. The van der Waals surface area contributed by atoms with E-state index in [2.05, 4.69) is 0 Å². The molecular weight excluding hydrogens is 520 g/mol. The van der Waals surface area contributed by atoms with Crippen LogP contribution in [0, 0.1) is 13.8 Å². The van der Waals surface area contributed by atoms with Gasteiger partial charge in [0.1, 0.15) is 4.90 Å². The molecule has 0 atom stereocenters. The summed E-state index contributed by atoms with van der Waals surface area (Å²) >= 11 is 0. The molecule has 0 aromatic heterocycles. The van der Waals surface area contributed by atoms with Crippen LogP contribution < -0.4 is 4.90 Å². The summed E-state index contributed by atoms with van der Waals surface area (Å²) in [6.45, 7) is 3.71. The SMILES string of the molecule is Cc1ccc(-c2ccc(N3C(=O)c4ccc5c6c(ccc(c46)C3=O)C(=O)N(C)C5=O)cc2S(=O)(=O)O)c(C)c1. The summed E-state index contributed by atoms with van der Waals surface area (Å²) in [4.78, 5) is 54.3. The first-order valence-corrected chi connectivity index (χ1v) is 13.3. The van der Waals surface area contributed by atoms with Gasteiger partial charge in [0.05, 0.1) is 5.69 Å². The third-order valence-electron chi connectivity index (χ3n) is 7.27. The lowest BCUT2D eigenvalue weighted by molar-refractivity contribution is 0.0649. The van der Waals surface area contributed by atoms with Crippen molar-refractivity contribution in [2.24, 2.45) is 0 Å². The second kappa shape index (κ2) is 8.16. The van der Waals surface area contributed by atoms with Crippen LogP contribution in [0.15, 0.2) is 65.6 Å². The molecule has 1 N–H and O–H groups in total. The van der Waals surface area contributed by atoms with Gasteiger partial charge in [-0.25, -0.2) is 4.90 Å². The van der Waals surface area contributed by atoms with Crippen LogP contribution in [-0.2, 0) is 10.1 Å².